The lowest BCUT2D eigenvalue weighted by atomic mass is 10.1. The molecule has 8 heteroatoms. The number of carbonyl (C=O) groups is 2. The largest absolute Gasteiger partial charge is 0.495 e. The first-order valence-electron chi connectivity index (χ1n) is 8.71. The Kier molecular flexibility index (Phi) is 6.31. The highest BCUT2D eigenvalue weighted by molar-refractivity contribution is 6.40. The highest BCUT2D eigenvalue weighted by atomic mass is 35.5. The average molecular weight is 411 g/mol. The van der Waals surface area contributed by atoms with Crippen molar-refractivity contribution in [2.75, 3.05) is 12.4 Å². The van der Waals surface area contributed by atoms with Crippen molar-refractivity contribution in [3.63, 3.8) is 0 Å². The Morgan fingerprint density at radius 1 is 1.03 bits per heavy atom. The van der Waals surface area contributed by atoms with Crippen molar-refractivity contribution in [3.05, 3.63) is 77.6 Å². The number of anilines is 1. The van der Waals surface area contributed by atoms with Gasteiger partial charge >= 0.3 is 11.8 Å². The molecule has 0 aliphatic rings. The van der Waals surface area contributed by atoms with Gasteiger partial charge in [0.05, 0.1) is 18.5 Å². The van der Waals surface area contributed by atoms with Gasteiger partial charge in [-0.3, -0.25) is 9.59 Å². The molecule has 1 heterocycles. The summed E-state index contributed by atoms with van der Waals surface area (Å²) in [5, 5.41) is 6.86. The molecule has 7 nitrogen and oxygen atoms in total. The number of halogens is 1. The van der Waals surface area contributed by atoms with E-state index in [0.717, 1.165) is 11.3 Å². The Morgan fingerprint density at radius 3 is 2.38 bits per heavy atom. The third-order valence-electron chi connectivity index (χ3n) is 4.13. The predicted molar refractivity (Wildman–Crippen MR) is 113 cm³/mol. The SMILES string of the molecule is COc1ccc(Cl)cc1NC(=O)C(=O)NN=C(C)c1ccc(-n2cccc2)cc1. The Morgan fingerprint density at radius 2 is 1.72 bits per heavy atom. The first kappa shape index (κ1) is 20.2. The summed E-state index contributed by atoms with van der Waals surface area (Å²) < 4.78 is 7.12. The first-order chi connectivity index (χ1) is 14.0. The molecule has 0 radical (unpaired) electrons. The van der Waals surface area contributed by atoms with Crippen molar-refractivity contribution in [2.24, 2.45) is 5.10 Å². The Labute approximate surface area is 172 Å². The van der Waals surface area contributed by atoms with Crippen LogP contribution >= 0.6 is 11.6 Å². The molecule has 0 aliphatic carbocycles. The van der Waals surface area contributed by atoms with Crippen LogP contribution in [0.15, 0.2) is 72.1 Å². The van der Waals surface area contributed by atoms with Crippen LogP contribution in [0.2, 0.25) is 5.02 Å². The fourth-order valence-corrected chi connectivity index (χ4v) is 2.76. The summed E-state index contributed by atoms with van der Waals surface area (Å²) in [6.07, 6.45) is 3.90. The van der Waals surface area contributed by atoms with E-state index in [1.165, 1.54) is 13.2 Å². The fraction of sp³-hybridized carbons (Fsp3) is 0.0952. The minimum atomic E-state index is -0.907. The van der Waals surface area contributed by atoms with Crippen LogP contribution in [0, 0.1) is 0 Å². The summed E-state index contributed by atoms with van der Waals surface area (Å²) in [7, 11) is 1.45. The van der Waals surface area contributed by atoms with Crippen LogP contribution in [0.3, 0.4) is 0 Å². The predicted octanol–water partition coefficient (Wildman–Crippen LogP) is 3.62. The smallest absolute Gasteiger partial charge is 0.329 e. The van der Waals surface area contributed by atoms with Gasteiger partial charge in [0, 0.05) is 23.1 Å². The maximum atomic E-state index is 12.1. The van der Waals surface area contributed by atoms with E-state index in [1.807, 2.05) is 53.4 Å². The number of rotatable bonds is 5. The van der Waals surface area contributed by atoms with Crippen LogP contribution in [0.25, 0.3) is 5.69 Å². The van der Waals surface area contributed by atoms with E-state index < -0.39 is 11.8 Å². The van der Waals surface area contributed by atoms with Gasteiger partial charge in [0.1, 0.15) is 5.75 Å². The lowest BCUT2D eigenvalue weighted by molar-refractivity contribution is -0.136. The lowest BCUT2D eigenvalue weighted by Crippen LogP contribution is -2.33. The first-order valence-corrected chi connectivity index (χ1v) is 9.08. The number of nitrogens with one attached hydrogen (secondary N) is 2. The molecule has 3 rings (SSSR count). The zero-order chi connectivity index (χ0) is 20.8. The van der Waals surface area contributed by atoms with Gasteiger partial charge in [0.25, 0.3) is 0 Å². The van der Waals surface area contributed by atoms with Gasteiger partial charge in [-0.1, -0.05) is 23.7 Å². The summed E-state index contributed by atoms with van der Waals surface area (Å²) in [4.78, 5) is 24.2. The molecule has 0 aliphatic heterocycles. The molecule has 2 N–H and O–H groups in total. The number of hydrogen-bond donors (Lipinski definition) is 2. The van der Waals surface area contributed by atoms with Crippen molar-refractivity contribution in [1.82, 2.24) is 9.99 Å². The van der Waals surface area contributed by atoms with Crippen LogP contribution in [-0.2, 0) is 9.59 Å². The van der Waals surface area contributed by atoms with Crippen LogP contribution < -0.4 is 15.5 Å². The summed E-state index contributed by atoms with van der Waals surface area (Å²) in [5.74, 6) is -1.40. The minimum absolute atomic E-state index is 0.293. The van der Waals surface area contributed by atoms with Crippen molar-refractivity contribution < 1.29 is 14.3 Å². The molecular formula is C21H19ClN4O3. The lowest BCUT2D eigenvalue weighted by Gasteiger charge is -2.10. The van der Waals surface area contributed by atoms with Gasteiger partial charge in [-0.25, -0.2) is 5.43 Å². The molecule has 0 spiro atoms. The molecule has 2 amide bonds. The average Bonchev–Trinajstić information content (AvgIpc) is 3.27. The number of benzene rings is 2. The summed E-state index contributed by atoms with van der Waals surface area (Å²) in [5.41, 5.74) is 4.93. The second-order valence-corrected chi connectivity index (χ2v) is 6.51. The van der Waals surface area contributed by atoms with E-state index >= 15 is 0 Å². The number of methoxy groups -OCH3 is 1. The second-order valence-electron chi connectivity index (χ2n) is 6.07. The monoisotopic (exact) mass is 410 g/mol. The Hall–Kier alpha value is -3.58. The van der Waals surface area contributed by atoms with Crippen LogP contribution in [-0.4, -0.2) is 29.2 Å². The maximum absolute atomic E-state index is 12.1. The quantitative estimate of drug-likeness (QED) is 0.382. The van der Waals surface area contributed by atoms with E-state index in [1.54, 1.807) is 19.1 Å². The molecule has 0 bridgehead atoms. The topological polar surface area (TPSA) is 84.7 Å². The van der Waals surface area contributed by atoms with Crippen molar-refractivity contribution >= 4 is 34.8 Å². The summed E-state index contributed by atoms with van der Waals surface area (Å²) in [6, 6.07) is 16.2. The third-order valence-corrected chi connectivity index (χ3v) is 4.36. The van der Waals surface area contributed by atoms with Crippen molar-refractivity contribution in [3.8, 4) is 11.4 Å². The molecule has 29 heavy (non-hydrogen) atoms. The molecule has 0 unspecified atom stereocenters. The minimum Gasteiger partial charge on any atom is -0.495 e. The molecule has 148 valence electrons. The van der Waals surface area contributed by atoms with Crippen LogP contribution in [0.5, 0.6) is 5.75 Å². The van der Waals surface area contributed by atoms with E-state index in [9.17, 15) is 9.59 Å². The molecule has 3 aromatic rings. The number of ether oxygens (including phenoxy) is 1. The van der Waals surface area contributed by atoms with E-state index in [4.69, 9.17) is 16.3 Å². The van der Waals surface area contributed by atoms with Gasteiger partial charge in [-0.05, 0) is 55.0 Å². The number of hydrazone groups is 1. The molecular weight excluding hydrogens is 392 g/mol. The van der Waals surface area contributed by atoms with E-state index in [-0.39, 0.29) is 0 Å². The number of hydrogen-bond acceptors (Lipinski definition) is 4. The highest BCUT2D eigenvalue weighted by Gasteiger charge is 2.16. The standard InChI is InChI=1S/C21H19ClN4O3/c1-14(15-5-8-17(9-6-15)26-11-3-4-12-26)24-25-21(28)20(27)23-18-13-16(22)7-10-19(18)29-2/h3-13H,1-2H3,(H,23,27)(H,25,28). The summed E-state index contributed by atoms with van der Waals surface area (Å²) >= 11 is 5.92. The van der Waals surface area contributed by atoms with Gasteiger partial charge in [0.15, 0.2) is 0 Å². The van der Waals surface area contributed by atoms with E-state index in [2.05, 4.69) is 15.8 Å². The molecule has 1 aromatic heterocycles. The molecule has 0 fully saturated rings. The Balaban J connectivity index is 1.63. The molecule has 2 aromatic carbocycles. The normalized spacial score (nSPS) is 11.1. The van der Waals surface area contributed by atoms with Crippen LogP contribution in [0.1, 0.15) is 12.5 Å². The number of aromatic nitrogens is 1. The number of nitrogens with zero attached hydrogens (tertiary/aromatic N) is 2. The molecule has 0 saturated heterocycles. The Bertz CT molecular complexity index is 1040. The maximum Gasteiger partial charge on any atom is 0.329 e. The molecule has 0 saturated carbocycles. The highest BCUT2D eigenvalue weighted by Crippen LogP contribution is 2.27. The fourth-order valence-electron chi connectivity index (χ4n) is 2.59. The third kappa shape index (κ3) is 5.03. The van der Waals surface area contributed by atoms with Gasteiger partial charge in [-0.15, -0.1) is 0 Å². The van der Waals surface area contributed by atoms with E-state index in [0.29, 0.717) is 22.2 Å². The zero-order valence-corrected chi connectivity index (χ0v) is 16.6. The number of amides is 2. The van der Waals surface area contributed by atoms with Gasteiger partial charge in [0.2, 0.25) is 0 Å². The second kappa shape index (κ2) is 9.07. The van der Waals surface area contributed by atoms with Gasteiger partial charge < -0.3 is 14.6 Å². The van der Waals surface area contributed by atoms with Crippen molar-refractivity contribution in [1.29, 1.82) is 0 Å². The zero-order valence-electron chi connectivity index (χ0n) is 15.8. The van der Waals surface area contributed by atoms with Crippen molar-refractivity contribution in [2.45, 2.75) is 6.92 Å². The summed E-state index contributed by atoms with van der Waals surface area (Å²) in [6.45, 7) is 1.74. The van der Waals surface area contributed by atoms with Gasteiger partial charge in [-0.2, -0.15) is 5.10 Å². The molecule has 0 atom stereocenters. The number of carbonyl (C=O) groups excluding carboxylic acids is 2. The van der Waals surface area contributed by atoms with Crippen LogP contribution in [0.4, 0.5) is 5.69 Å².